The van der Waals surface area contributed by atoms with Crippen LogP contribution in [0.2, 0.25) is 0 Å². The average Bonchev–Trinajstić information content (AvgIpc) is 3.34. The highest BCUT2D eigenvalue weighted by molar-refractivity contribution is 6.06. The number of carbonyl (C=O) groups excluding carboxylic acids is 2. The Balaban J connectivity index is 1.78. The van der Waals surface area contributed by atoms with Gasteiger partial charge in [-0.15, -0.1) is 0 Å². The first-order valence-corrected chi connectivity index (χ1v) is 8.11. The number of ether oxygens (including phenoxy) is 3. The second-order valence-corrected chi connectivity index (χ2v) is 5.74. The first kappa shape index (κ1) is 18.8. The van der Waals surface area contributed by atoms with Crippen molar-refractivity contribution in [2.45, 2.75) is 12.7 Å². The van der Waals surface area contributed by atoms with E-state index >= 15 is 0 Å². The molecule has 1 N–H and O–H groups in total. The van der Waals surface area contributed by atoms with Gasteiger partial charge in [-0.2, -0.15) is 0 Å². The fourth-order valence-electron chi connectivity index (χ4n) is 2.64. The molecule has 0 atom stereocenters. The third kappa shape index (κ3) is 4.42. The van der Waals surface area contributed by atoms with Gasteiger partial charge < -0.3 is 23.7 Å². The van der Waals surface area contributed by atoms with Gasteiger partial charge in [0.25, 0.3) is 0 Å². The molecule has 0 aliphatic carbocycles. The second kappa shape index (κ2) is 8.15. The van der Waals surface area contributed by atoms with Crippen LogP contribution in [0.3, 0.4) is 0 Å². The number of ketones is 1. The number of allylic oxidation sites excluding steroid dienone is 1. The number of esters is 1. The van der Waals surface area contributed by atoms with E-state index in [1.54, 1.807) is 12.1 Å². The van der Waals surface area contributed by atoms with E-state index in [0.717, 1.165) is 18.7 Å². The van der Waals surface area contributed by atoms with E-state index < -0.39 is 29.6 Å². The lowest BCUT2D eigenvalue weighted by atomic mass is 10.0. The third-order valence-corrected chi connectivity index (χ3v) is 3.92. The van der Waals surface area contributed by atoms with Gasteiger partial charge in [-0.25, -0.2) is 9.18 Å². The van der Waals surface area contributed by atoms with E-state index in [2.05, 4.69) is 4.74 Å². The van der Waals surface area contributed by atoms with Crippen molar-refractivity contribution in [1.29, 1.82) is 0 Å². The molecule has 0 spiro atoms. The zero-order valence-corrected chi connectivity index (χ0v) is 14.4. The van der Waals surface area contributed by atoms with Gasteiger partial charge in [0.1, 0.15) is 11.6 Å². The number of furan rings is 1. The fraction of sp³-hybridized carbons (Fsp3) is 0.263. The minimum atomic E-state index is -1.03. The summed E-state index contributed by atoms with van der Waals surface area (Å²) in [6.07, 6.45) is 0.350. The van der Waals surface area contributed by atoms with Gasteiger partial charge >= 0.3 is 5.97 Å². The number of halogens is 1. The number of hydrogen-bond donors (Lipinski definition) is 1. The quantitative estimate of drug-likeness (QED) is 0.358. The number of benzene rings is 1. The summed E-state index contributed by atoms with van der Waals surface area (Å²) in [5, 5.41) is 9.44. The summed E-state index contributed by atoms with van der Waals surface area (Å²) >= 11 is 0. The summed E-state index contributed by atoms with van der Waals surface area (Å²) in [5.74, 6) is -2.57. The van der Waals surface area contributed by atoms with Gasteiger partial charge in [0, 0.05) is 18.1 Å². The highest BCUT2D eigenvalue weighted by atomic mass is 19.1. The van der Waals surface area contributed by atoms with E-state index in [1.807, 2.05) is 0 Å². The molecular weight excluding hydrogens is 359 g/mol. The van der Waals surface area contributed by atoms with Gasteiger partial charge in [0.2, 0.25) is 11.5 Å². The number of methoxy groups -OCH3 is 1. The minimum absolute atomic E-state index is 0.0579. The molecular formula is C19H17FO7. The lowest BCUT2D eigenvalue weighted by Crippen LogP contribution is -2.06. The van der Waals surface area contributed by atoms with Crippen LogP contribution in [0, 0.1) is 5.82 Å². The predicted octanol–water partition coefficient (Wildman–Crippen LogP) is 2.85. The van der Waals surface area contributed by atoms with E-state index in [4.69, 9.17) is 13.9 Å². The smallest absolute Gasteiger partial charge is 0.373 e. The Morgan fingerprint density at radius 2 is 2.00 bits per heavy atom. The van der Waals surface area contributed by atoms with E-state index in [0.29, 0.717) is 24.5 Å². The van der Waals surface area contributed by atoms with Crippen molar-refractivity contribution in [2.24, 2.45) is 0 Å². The molecule has 8 heteroatoms. The van der Waals surface area contributed by atoms with E-state index in [1.165, 1.54) is 18.2 Å². The Labute approximate surface area is 153 Å². The Morgan fingerprint density at radius 1 is 1.26 bits per heavy atom. The Morgan fingerprint density at radius 3 is 2.70 bits per heavy atom. The van der Waals surface area contributed by atoms with Gasteiger partial charge in [0.15, 0.2) is 12.1 Å². The predicted molar refractivity (Wildman–Crippen MR) is 89.6 cm³/mol. The molecule has 0 bridgehead atoms. The molecule has 1 aliphatic rings. The maximum atomic E-state index is 13.6. The molecule has 0 saturated carbocycles. The van der Waals surface area contributed by atoms with E-state index in [-0.39, 0.29) is 12.2 Å². The van der Waals surface area contributed by atoms with Gasteiger partial charge in [-0.1, -0.05) is 6.07 Å². The van der Waals surface area contributed by atoms with Crippen molar-refractivity contribution in [2.75, 3.05) is 20.3 Å². The minimum Gasteiger partial charge on any atom is -0.502 e. The lowest BCUT2D eigenvalue weighted by Gasteiger charge is -2.14. The molecule has 0 unspecified atom stereocenters. The SMILES string of the molecule is COC(=O)C(O)=CC(=O)c1ccc(Cc2ccc(F)cc2C2OCCO2)o1. The lowest BCUT2D eigenvalue weighted by molar-refractivity contribution is -0.139. The summed E-state index contributed by atoms with van der Waals surface area (Å²) in [5.41, 5.74) is 1.28. The van der Waals surface area contributed by atoms with E-state index in [9.17, 15) is 19.1 Å². The van der Waals surface area contributed by atoms with Crippen LogP contribution in [0.5, 0.6) is 0 Å². The largest absolute Gasteiger partial charge is 0.502 e. The first-order valence-electron chi connectivity index (χ1n) is 8.11. The maximum Gasteiger partial charge on any atom is 0.373 e. The molecule has 1 saturated heterocycles. The number of hydrogen-bond acceptors (Lipinski definition) is 7. The zero-order chi connectivity index (χ0) is 19.4. The average molecular weight is 376 g/mol. The first-order chi connectivity index (χ1) is 13.0. The van der Waals surface area contributed by atoms with Gasteiger partial charge in [-0.05, 0) is 29.8 Å². The molecule has 1 aliphatic heterocycles. The van der Waals surface area contributed by atoms with Crippen LogP contribution in [0.4, 0.5) is 4.39 Å². The fourth-order valence-corrected chi connectivity index (χ4v) is 2.64. The van der Waals surface area contributed by atoms with Gasteiger partial charge in [-0.3, -0.25) is 4.79 Å². The molecule has 142 valence electrons. The molecule has 1 fully saturated rings. The van der Waals surface area contributed by atoms with Crippen LogP contribution in [0.15, 0.2) is 46.6 Å². The van der Waals surface area contributed by atoms with Crippen LogP contribution in [0.1, 0.15) is 33.7 Å². The molecule has 27 heavy (non-hydrogen) atoms. The highest BCUT2D eigenvalue weighted by Gasteiger charge is 2.23. The number of rotatable bonds is 6. The van der Waals surface area contributed by atoms with Crippen molar-refractivity contribution in [3.8, 4) is 0 Å². The van der Waals surface area contributed by atoms with Crippen molar-refractivity contribution < 1.29 is 37.7 Å². The van der Waals surface area contributed by atoms with Crippen LogP contribution in [0.25, 0.3) is 0 Å². The van der Waals surface area contributed by atoms with Crippen molar-refractivity contribution in [1.82, 2.24) is 0 Å². The van der Waals surface area contributed by atoms with Crippen LogP contribution >= 0.6 is 0 Å². The normalized spacial score (nSPS) is 15.1. The van der Waals surface area contributed by atoms with Crippen LogP contribution in [-0.2, 0) is 25.4 Å². The summed E-state index contributed by atoms with van der Waals surface area (Å²) in [4.78, 5) is 23.2. The van der Waals surface area contributed by atoms with Crippen LogP contribution in [-0.4, -0.2) is 37.2 Å². The molecule has 3 rings (SSSR count). The summed E-state index contributed by atoms with van der Waals surface area (Å²) in [6.45, 7) is 0.853. The number of aliphatic hydroxyl groups is 1. The molecule has 0 radical (unpaired) electrons. The van der Waals surface area contributed by atoms with Crippen molar-refractivity contribution >= 4 is 11.8 Å². The van der Waals surface area contributed by atoms with Crippen molar-refractivity contribution in [3.63, 3.8) is 0 Å². The maximum absolute atomic E-state index is 13.6. The number of aliphatic hydroxyl groups excluding tert-OH is 1. The van der Waals surface area contributed by atoms with Gasteiger partial charge in [0.05, 0.1) is 20.3 Å². The molecule has 2 heterocycles. The third-order valence-electron chi connectivity index (χ3n) is 3.92. The summed E-state index contributed by atoms with van der Waals surface area (Å²) in [6, 6.07) is 7.27. The molecule has 7 nitrogen and oxygen atoms in total. The number of carbonyl (C=O) groups is 2. The zero-order valence-electron chi connectivity index (χ0n) is 14.4. The topological polar surface area (TPSA) is 95.2 Å². The monoisotopic (exact) mass is 376 g/mol. The highest BCUT2D eigenvalue weighted by Crippen LogP contribution is 2.29. The summed E-state index contributed by atoms with van der Waals surface area (Å²) in [7, 11) is 1.08. The summed E-state index contributed by atoms with van der Waals surface area (Å²) < 4.78 is 34.3. The standard InChI is InChI=1S/C19H17FO7/c1-24-18(23)16(22)10-15(21)17-5-4-13(27-17)8-11-2-3-12(20)9-14(11)19-25-6-7-26-19/h2-5,9-10,19,22H,6-8H2,1H3. The second-order valence-electron chi connectivity index (χ2n) is 5.74. The Bertz CT molecular complexity index is 878. The molecule has 2 aromatic rings. The molecule has 1 aromatic carbocycles. The Hall–Kier alpha value is -2.97. The van der Waals surface area contributed by atoms with Crippen molar-refractivity contribution in [3.05, 3.63) is 70.6 Å². The Kier molecular flexibility index (Phi) is 5.68. The molecule has 0 amide bonds. The van der Waals surface area contributed by atoms with Crippen LogP contribution < -0.4 is 0 Å². The molecule has 1 aromatic heterocycles.